The van der Waals surface area contributed by atoms with Gasteiger partial charge in [0.25, 0.3) is 0 Å². The van der Waals surface area contributed by atoms with Gasteiger partial charge in [-0.3, -0.25) is 4.79 Å². The first kappa shape index (κ1) is 15.7. The zero-order valence-electron chi connectivity index (χ0n) is 12.4. The van der Waals surface area contributed by atoms with Crippen molar-refractivity contribution in [3.8, 4) is 0 Å². The highest BCUT2D eigenvalue weighted by Crippen LogP contribution is 2.21. The fourth-order valence-corrected chi connectivity index (χ4v) is 2.46. The summed E-state index contributed by atoms with van der Waals surface area (Å²) in [5.74, 6) is 0.280. The van der Waals surface area contributed by atoms with Crippen LogP contribution in [0.2, 0.25) is 0 Å². The average Bonchev–Trinajstić information content (AvgIpc) is 2.52. The number of carbonyl (C=O) groups is 1. The second-order valence-corrected chi connectivity index (χ2v) is 5.17. The first-order valence-corrected chi connectivity index (χ1v) is 7.29. The Bertz CT molecular complexity index is 451. The van der Waals surface area contributed by atoms with Crippen molar-refractivity contribution in [2.45, 2.75) is 31.8 Å². The Morgan fingerprint density at radius 2 is 2.24 bits per heavy atom. The molecule has 0 saturated carbocycles. The van der Waals surface area contributed by atoms with E-state index in [1.807, 2.05) is 4.90 Å². The average molecular weight is 293 g/mol. The van der Waals surface area contributed by atoms with Crippen molar-refractivity contribution in [3.63, 3.8) is 0 Å². The Morgan fingerprint density at radius 1 is 1.48 bits per heavy atom. The number of nitrogens with one attached hydrogen (secondary N) is 1. The van der Waals surface area contributed by atoms with Gasteiger partial charge in [-0.05, 0) is 19.3 Å². The molecule has 1 amide bonds. The summed E-state index contributed by atoms with van der Waals surface area (Å²) in [7, 11) is 1.67. The summed E-state index contributed by atoms with van der Waals surface area (Å²) in [6.45, 7) is 2.93. The summed E-state index contributed by atoms with van der Waals surface area (Å²) >= 11 is 0. The Balaban J connectivity index is 1.95. The van der Waals surface area contributed by atoms with E-state index < -0.39 is 0 Å². The Kier molecular flexibility index (Phi) is 5.89. The fourth-order valence-electron chi connectivity index (χ4n) is 2.46. The highest BCUT2D eigenvalue weighted by atomic mass is 16.5. The zero-order valence-corrected chi connectivity index (χ0v) is 12.4. The van der Waals surface area contributed by atoms with E-state index in [4.69, 9.17) is 10.5 Å². The lowest BCUT2D eigenvalue weighted by atomic mass is 10.0. The van der Waals surface area contributed by atoms with Crippen LogP contribution in [0.5, 0.6) is 0 Å². The molecule has 7 nitrogen and oxygen atoms in total. The third-order valence-corrected chi connectivity index (χ3v) is 3.59. The molecule has 2 heterocycles. The SMILES string of the molecule is COCCNCc1cnc(N2CCCCC2C(N)=O)nc1. The van der Waals surface area contributed by atoms with E-state index in [-0.39, 0.29) is 11.9 Å². The summed E-state index contributed by atoms with van der Waals surface area (Å²) < 4.78 is 4.97. The quantitative estimate of drug-likeness (QED) is 0.690. The van der Waals surface area contributed by atoms with Gasteiger partial charge in [0, 0.05) is 44.7 Å². The molecule has 1 aliphatic rings. The molecule has 3 N–H and O–H groups in total. The van der Waals surface area contributed by atoms with E-state index in [1.54, 1.807) is 19.5 Å². The number of aromatic nitrogens is 2. The topological polar surface area (TPSA) is 93.4 Å². The van der Waals surface area contributed by atoms with E-state index in [0.717, 1.165) is 37.9 Å². The van der Waals surface area contributed by atoms with E-state index >= 15 is 0 Å². The van der Waals surface area contributed by atoms with E-state index in [9.17, 15) is 4.79 Å². The summed E-state index contributed by atoms with van der Waals surface area (Å²) in [5.41, 5.74) is 6.46. The molecule has 0 spiro atoms. The van der Waals surface area contributed by atoms with Crippen LogP contribution >= 0.6 is 0 Å². The Morgan fingerprint density at radius 3 is 2.90 bits per heavy atom. The first-order valence-electron chi connectivity index (χ1n) is 7.29. The summed E-state index contributed by atoms with van der Waals surface area (Å²) in [4.78, 5) is 22.2. The number of ether oxygens (including phenoxy) is 1. The largest absolute Gasteiger partial charge is 0.383 e. The van der Waals surface area contributed by atoms with Gasteiger partial charge in [0.2, 0.25) is 11.9 Å². The molecular weight excluding hydrogens is 270 g/mol. The summed E-state index contributed by atoms with van der Waals surface area (Å²) in [5, 5.41) is 3.24. The molecule has 1 fully saturated rings. The van der Waals surface area contributed by atoms with Gasteiger partial charge in [0.05, 0.1) is 6.61 Å². The molecule has 116 valence electrons. The number of methoxy groups -OCH3 is 1. The molecule has 1 unspecified atom stereocenters. The second-order valence-electron chi connectivity index (χ2n) is 5.17. The maximum absolute atomic E-state index is 11.5. The van der Waals surface area contributed by atoms with Gasteiger partial charge in [0.15, 0.2) is 0 Å². The molecule has 7 heteroatoms. The number of nitrogens with two attached hydrogens (primary N) is 1. The lowest BCUT2D eigenvalue weighted by Crippen LogP contribution is -2.48. The van der Waals surface area contributed by atoms with Crippen molar-refractivity contribution in [2.24, 2.45) is 5.73 Å². The monoisotopic (exact) mass is 293 g/mol. The van der Waals surface area contributed by atoms with Gasteiger partial charge in [-0.15, -0.1) is 0 Å². The normalized spacial score (nSPS) is 18.7. The van der Waals surface area contributed by atoms with Crippen LogP contribution < -0.4 is 16.0 Å². The van der Waals surface area contributed by atoms with Crippen LogP contribution in [0.4, 0.5) is 5.95 Å². The lowest BCUT2D eigenvalue weighted by molar-refractivity contribution is -0.119. The molecule has 1 aliphatic heterocycles. The van der Waals surface area contributed by atoms with Crippen LogP contribution in [0.15, 0.2) is 12.4 Å². The van der Waals surface area contributed by atoms with Gasteiger partial charge in [0.1, 0.15) is 6.04 Å². The van der Waals surface area contributed by atoms with E-state index in [1.165, 1.54) is 0 Å². The number of hydrogen-bond donors (Lipinski definition) is 2. The van der Waals surface area contributed by atoms with Crippen molar-refractivity contribution in [1.29, 1.82) is 0 Å². The maximum atomic E-state index is 11.5. The van der Waals surface area contributed by atoms with Crippen LogP contribution in [0.25, 0.3) is 0 Å². The van der Waals surface area contributed by atoms with Crippen LogP contribution in [0.1, 0.15) is 24.8 Å². The molecule has 1 atom stereocenters. The van der Waals surface area contributed by atoms with Crippen LogP contribution in [-0.4, -0.2) is 48.7 Å². The molecule has 1 saturated heterocycles. The van der Waals surface area contributed by atoms with Gasteiger partial charge in [-0.2, -0.15) is 0 Å². The number of primary amides is 1. The van der Waals surface area contributed by atoms with E-state index in [2.05, 4.69) is 15.3 Å². The number of anilines is 1. The standard InChI is InChI=1S/C14H23N5O2/c1-21-7-5-16-8-11-9-17-14(18-10-11)19-6-3-2-4-12(19)13(15)20/h9-10,12,16H,2-8H2,1H3,(H2,15,20). The molecule has 1 aromatic heterocycles. The van der Waals surface area contributed by atoms with Gasteiger partial charge >= 0.3 is 0 Å². The summed E-state index contributed by atoms with van der Waals surface area (Å²) in [6, 6.07) is -0.288. The van der Waals surface area contributed by atoms with Gasteiger partial charge in [-0.25, -0.2) is 9.97 Å². The zero-order chi connectivity index (χ0) is 15.1. The lowest BCUT2D eigenvalue weighted by Gasteiger charge is -2.33. The minimum absolute atomic E-state index is 0.288. The van der Waals surface area contributed by atoms with E-state index in [0.29, 0.717) is 19.1 Å². The molecular formula is C14H23N5O2. The Hall–Kier alpha value is -1.73. The van der Waals surface area contributed by atoms with Crippen LogP contribution in [0.3, 0.4) is 0 Å². The molecule has 1 aromatic rings. The van der Waals surface area contributed by atoms with Crippen molar-refractivity contribution in [2.75, 3.05) is 31.7 Å². The first-order chi connectivity index (χ1) is 10.2. The number of carbonyl (C=O) groups excluding carboxylic acids is 1. The third-order valence-electron chi connectivity index (χ3n) is 3.59. The number of hydrogen-bond acceptors (Lipinski definition) is 6. The van der Waals surface area contributed by atoms with Crippen molar-refractivity contribution in [1.82, 2.24) is 15.3 Å². The minimum Gasteiger partial charge on any atom is -0.383 e. The minimum atomic E-state index is -0.302. The molecule has 0 aromatic carbocycles. The number of amides is 1. The molecule has 21 heavy (non-hydrogen) atoms. The van der Waals surface area contributed by atoms with Gasteiger partial charge < -0.3 is 20.7 Å². The third kappa shape index (κ3) is 4.37. The molecule has 0 bridgehead atoms. The predicted molar refractivity (Wildman–Crippen MR) is 79.8 cm³/mol. The maximum Gasteiger partial charge on any atom is 0.240 e. The highest BCUT2D eigenvalue weighted by Gasteiger charge is 2.28. The fraction of sp³-hybridized carbons (Fsp3) is 0.643. The van der Waals surface area contributed by atoms with Crippen LogP contribution in [0, 0.1) is 0 Å². The smallest absolute Gasteiger partial charge is 0.240 e. The van der Waals surface area contributed by atoms with Crippen molar-refractivity contribution >= 4 is 11.9 Å². The number of piperidine rings is 1. The second kappa shape index (κ2) is 7.90. The molecule has 2 rings (SSSR count). The van der Waals surface area contributed by atoms with Crippen LogP contribution in [-0.2, 0) is 16.1 Å². The molecule has 0 aliphatic carbocycles. The highest BCUT2D eigenvalue weighted by molar-refractivity contribution is 5.83. The Labute approximate surface area is 124 Å². The van der Waals surface area contributed by atoms with Crippen molar-refractivity contribution in [3.05, 3.63) is 18.0 Å². The van der Waals surface area contributed by atoms with Crippen molar-refractivity contribution < 1.29 is 9.53 Å². The number of nitrogens with zero attached hydrogens (tertiary/aromatic N) is 3. The summed E-state index contributed by atoms with van der Waals surface area (Å²) in [6.07, 6.45) is 6.40. The molecule has 0 radical (unpaired) electrons. The van der Waals surface area contributed by atoms with Gasteiger partial charge in [-0.1, -0.05) is 0 Å². The number of rotatable bonds is 7. The predicted octanol–water partition coefficient (Wildman–Crippen LogP) is 0.0568.